The van der Waals surface area contributed by atoms with Crippen molar-refractivity contribution >= 4 is 16.5 Å². The molecule has 0 aliphatic heterocycles. The van der Waals surface area contributed by atoms with Gasteiger partial charge in [-0.25, -0.2) is 0 Å². The van der Waals surface area contributed by atoms with Gasteiger partial charge in [0, 0.05) is 12.4 Å². The Labute approximate surface area is 87.9 Å². The van der Waals surface area contributed by atoms with E-state index in [1.165, 1.54) is 0 Å². The van der Waals surface area contributed by atoms with Crippen molar-refractivity contribution in [3.63, 3.8) is 0 Å². The maximum atomic E-state index is 10.3. The number of carbonyl (C=O) groups is 1. The van der Waals surface area contributed by atoms with Crippen LogP contribution in [0.4, 0.5) is 0 Å². The Bertz CT molecular complexity index is 377. The van der Waals surface area contributed by atoms with Crippen LogP contribution in [0, 0.1) is 0 Å². The molecule has 1 heterocycles. The highest BCUT2D eigenvalue weighted by Crippen LogP contribution is 1.98. The van der Waals surface area contributed by atoms with Gasteiger partial charge in [0.15, 0.2) is 0 Å². The zero-order chi connectivity index (χ0) is 11.7. The van der Waals surface area contributed by atoms with Crippen molar-refractivity contribution in [1.29, 1.82) is 0 Å². The van der Waals surface area contributed by atoms with Crippen molar-refractivity contribution in [3.8, 4) is 0 Å². The Balaban J connectivity index is 0.000000583. The molecule has 0 bridgehead atoms. The van der Waals surface area contributed by atoms with Crippen LogP contribution in [-0.4, -0.2) is 30.1 Å². The second-order valence-corrected chi connectivity index (χ2v) is 4.10. The molecule has 7 heteroatoms. The molecule has 0 fully saturated rings. The van der Waals surface area contributed by atoms with Crippen molar-refractivity contribution in [3.05, 3.63) is 30.1 Å². The van der Waals surface area contributed by atoms with Gasteiger partial charge in [-0.15, -0.1) is 0 Å². The second-order valence-electron chi connectivity index (χ2n) is 2.53. The minimum Gasteiger partial charge on any atom is -0.372 e. The lowest BCUT2D eigenvalue weighted by atomic mass is 10.2. The number of carbonyl (C=O) groups excluding carboxylic acids is 1. The fraction of sp³-hybridized carbons (Fsp3) is 0.250. The van der Waals surface area contributed by atoms with Gasteiger partial charge in [0.1, 0.15) is 0 Å². The number of aromatic nitrogens is 1. The summed E-state index contributed by atoms with van der Waals surface area (Å²) in [5.41, 5.74) is 5.02. The summed E-state index contributed by atoms with van der Waals surface area (Å²) in [4.78, 5) is 12.4. The summed E-state index contributed by atoms with van der Waals surface area (Å²) in [5, 5.41) is 0. The molecule has 0 atom stereocenters. The summed E-state index contributed by atoms with van der Waals surface area (Å²) in [6.45, 7) is 0. The van der Waals surface area contributed by atoms with Crippen molar-refractivity contribution in [1.82, 2.24) is 4.98 Å². The molecule has 0 radical (unpaired) electrons. The predicted octanol–water partition coefficient (Wildman–Crippen LogP) is -0.387. The van der Waals surface area contributed by atoms with Crippen LogP contribution in [0.2, 0.25) is 0 Å². The topological polar surface area (TPSA) is 110 Å². The van der Waals surface area contributed by atoms with Crippen LogP contribution in [0.15, 0.2) is 24.5 Å². The SMILES string of the molecule is NC=O.O=S(=O)(O)CCc1ccncc1. The van der Waals surface area contributed by atoms with Gasteiger partial charge >= 0.3 is 0 Å². The second kappa shape index (κ2) is 6.91. The van der Waals surface area contributed by atoms with E-state index in [0.717, 1.165) is 5.56 Å². The monoisotopic (exact) mass is 232 g/mol. The molecule has 3 N–H and O–H groups in total. The number of nitrogens with zero attached hydrogens (tertiary/aromatic N) is 1. The molecule has 1 aromatic rings. The summed E-state index contributed by atoms with van der Waals surface area (Å²) in [6, 6.07) is 3.43. The molecule has 1 amide bonds. The number of primary amides is 1. The van der Waals surface area contributed by atoms with Crippen LogP contribution in [0.25, 0.3) is 0 Å². The third-order valence-corrected chi connectivity index (χ3v) is 2.12. The van der Waals surface area contributed by atoms with Gasteiger partial charge in [0.05, 0.1) is 5.75 Å². The van der Waals surface area contributed by atoms with E-state index in [9.17, 15) is 8.42 Å². The zero-order valence-electron chi connectivity index (χ0n) is 7.91. The van der Waals surface area contributed by atoms with Gasteiger partial charge in [0.2, 0.25) is 6.41 Å². The molecule has 15 heavy (non-hydrogen) atoms. The molecule has 0 unspecified atom stereocenters. The van der Waals surface area contributed by atoms with E-state index in [0.29, 0.717) is 6.42 Å². The zero-order valence-corrected chi connectivity index (χ0v) is 8.72. The minimum absolute atomic E-state index is 0.239. The number of hydrogen-bond acceptors (Lipinski definition) is 4. The van der Waals surface area contributed by atoms with E-state index < -0.39 is 10.1 Å². The number of nitrogens with two attached hydrogens (primary N) is 1. The number of pyridine rings is 1. The highest BCUT2D eigenvalue weighted by molar-refractivity contribution is 7.85. The van der Waals surface area contributed by atoms with Gasteiger partial charge in [0.25, 0.3) is 10.1 Å². The standard InChI is InChI=1S/C7H9NO3S.CH3NO/c9-12(10,11)6-3-7-1-4-8-5-2-7;2-1-3/h1-2,4-5H,3,6H2,(H,9,10,11);1H,(H2,2,3). The molecule has 0 spiro atoms. The Morgan fingerprint density at radius 3 is 2.27 bits per heavy atom. The molecule has 6 nitrogen and oxygen atoms in total. The summed E-state index contributed by atoms with van der Waals surface area (Å²) in [7, 11) is -3.84. The van der Waals surface area contributed by atoms with Crippen molar-refractivity contribution in [2.45, 2.75) is 6.42 Å². The lowest BCUT2D eigenvalue weighted by molar-refractivity contribution is -0.106. The Morgan fingerprint density at radius 2 is 1.87 bits per heavy atom. The van der Waals surface area contributed by atoms with E-state index >= 15 is 0 Å². The average molecular weight is 232 g/mol. The molecule has 0 saturated heterocycles. The molecule has 1 rings (SSSR count). The van der Waals surface area contributed by atoms with Crippen LogP contribution in [0.1, 0.15) is 5.56 Å². The van der Waals surface area contributed by atoms with E-state index in [-0.39, 0.29) is 12.2 Å². The van der Waals surface area contributed by atoms with Gasteiger partial charge < -0.3 is 5.73 Å². The van der Waals surface area contributed by atoms with E-state index in [1.807, 2.05) is 0 Å². The Hall–Kier alpha value is -1.47. The van der Waals surface area contributed by atoms with Gasteiger partial charge in [-0.05, 0) is 24.1 Å². The van der Waals surface area contributed by atoms with Crippen LogP contribution < -0.4 is 5.73 Å². The van der Waals surface area contributed by atoms with Gasteiger partial charge in [-0.2, -0.15) is 8.42 Å². The van der Waals surface area contributed by atoms with Gasteiger partial charge in [-0.1, -0.05) is 0 Å². The van der Waals surface area contributed by atoms with E-state index in [1.54, 1.807) is 24.5 Å². The largest absolute Gasteiger partial charge is 0.372 e. The first kappa shape index (κ1) is 13.5. The molecular weight excluding hydrogens is 220 g/mol. The first-order chi connectivity index (χ1) is 6.99. The fourth-order valence-corrected chi connectivity index (χ4v) is 1.29. The summed E-state index contributed by atoms with van der Waals surface area (Å²) < 4.78 is 29.1. The summed E-state index contributed by atoms with van der Waals surface area (Å²) in [5.74, 6) is -0.239. The number of amides is 1. The van der Waals surface area contributed by atoms with Crippen LogP contribution in [0.5, 0.6) is 0 Å². The highest BCUT2D eigenvalue weighted by atomic mass is 32.2. The normalized spacial score (nSPS) is 9.93. The number of hydrogen-bond donors (Lipinski definition) is 2. The molecular formula is C8H12N2O4S. The summed E-state index contributed by atoms with van der Waals surface area (Å²) in [6.07, 6.45) is 3.74. The molecule has 0 saturated carbocycles. The van der Waals surface area contributed by atoms with Crippen LogP contribution in [0.3, 0.4) is 0 Å². The number of aryl methyl sites for hydroxylation is 1. The first-order valence-electron chi connectivity index (χ1n) is 3.99. The van der Waals surface area contributed by atoms with Crippen molar-refractivity contribution < 1.29 is 17.8 Å². The smallest absolute Gasteiger partial charge is 0.265 e. The quantitative estimate of drug-likeness (QED) is 0.545. The minimum atomic E-state index is -3.84. The average Bonchev–Trinajstić information content (AvgIpc) is 2.17. The maximum absolute atomic E-state index is 10.3. The molecule has 84 valence electrons. The Kier molecular flexibility index (Phi) is 6.23. The van der Waals surface area contributed by atoms with Crippen molar-refractivity contribution in [2.24, 2.45) is 5.73 Å². The molecule has 0 aliphatic rings. The lowest BCUT2D eigenvalue weighted by Gasteiger charge is -1.96. The molecule has 1 aromatic heterocycles. The highest BCUT2D eigenvalue weighted by Gasteiger charge is 2.03. The third-order valence-electron chi connectivity index (χ3n) is 1.40. The molecule has 0 aromatic carbocycles. The molecule has 0 aliphatic carbocycles. The third kappa shape index (κ3) is 8.85. The van der Waals surface area contributed by atoms with Crippen molar-refractivity contribution in [2.75, 3.05) is 5.75 Å². The van der Waals surface area contributed by atoms with E-state index in [2.05, 4.69) is 10.7 Å². The Morgan fingerprint density at radius 1 is 1.40 bits per heavy atom. The van der Waals surface area contributed by atoms with Crippen LogP contribution in [-0.2, 0) is 21.3 Å². The fourth-order valence-electron chi connectivity index (χ4n) is 0.796. The lowest BCUT2D eigenvalue weighted by Crippen LogP contribution is -2.06. The van der Waals surface area contributed by atoms with E-state index in [4.69, 9.17) is 9.35 Å². The van der Waals surface area contributed by atoms with Gasteiger partial charge in [-0.3, -0.25) is 14.3 Å². The maximum Gasteiger partial charge on any atom is 0.265 e. The predicted molar refractivity (Wildman–Crippen MR) is 54.6 cm³/mol. The summed E-state index contributed by atoms with van der Waals surface area (Å²) >= 11 is 0. The first-order valence-corrected chi connectivity index (χ1v) is 5.60. The number of rotatable bonds is 3. The van der Waals surface area contributed by atoms with Crippen LogP contribution >= 0.6 is 0 Å².